The van der Waals surface area contributed by atoms with E-state index < -0.39 is 0 Å². The largest absolute Gasteiger partial charge is 0.503 e. The zero-order valence-corrected chi connectivity index (χ0v) is 11.5. The van der Waals surface area contributed by atoms with Gasteiger partial charge in [0.15, 0.2) is 5.76 Å². The predicted molar refractivity (Wildman–Crippen MR) is 73.2 cm³/mol. The van der Waals surface area contributed by atoms with Gasteiger partial charge in [-0.3, -0.25) is 4.79 Å². The highest BCUT2D eigenvalue weighted by Gasteiger charge is 2.36. The third-order valence-electron chi connectivity index (χ3n) is 3.63. The lowest BCUT2D eigenvalue weighted by molar-refractivity contribution is -0.120. The summed E-state index contributed by atoms with van der Waals surface area (Å²) in [7, 11) is 3.48. The van der Waals surface area contributed by atoms with Gasteiger partial charge in [0.2, 0.25) is 5.78 Å². The van der Waals surface area contributed by atoms with E-state index in [1.165, 1.54) is 0 Å². The summed E-state index contributed by atoms with van der Waals surface area (Å²) < 4.78 is 5.11. The number of carbonyl (C=O) groups excluding carboxylic acids is 1. The highest BCUT2D eigenvalue weighted by molar-refractivity contribution is 6.00. The standard InChI is InChI=1S/C15H19NO3/c1-4-12-14(17)15(18)13(16(12)2)9-10-5-7-11(19-3)8-6-10/h5-8,13,17H,4,9H2,1-3H3. The van der Waals surface area contributed by atoms with Crippen LogP contribution in [0.2, 0.25) is 0 Å². The van der Waals surface area contributed by atoms with E-state index in [1.54, 1.807) is 7.11 Å². The third-order valence-corrected chi connectivity index (χ3v) is 3.63. The number of hydrogen-bond acceptors (Lipinski definition) is 4. The summed E-state index contributed by atoms with van der Waals surface area (Å²) in [5, 5.41) is 9.83. The molecule has 2 rings (SSSR count). The zero-order chi connectivity index (χ0) is 14.0. The Kier molecular flexibility index (Phi) is 3.79. The van der Waals surface area contributed by atoms with Gasteiger partial charge in [0.25, 0.3) is 0 Å². The molecule has 1 atom stereocenters. The molecule has 0 saturated carbocycles. The van der Waals surface area contributed by atoms with E-state index in [0.717, 1.165) is 17.0 Å². The fraction of sp³-hybridized carbons (Fsp3) is 0.400. The molecule has 19 heavy (non-hydrogen) atoms. The topological polar surface area (TPSA) is 49.8 Å². The van der Waals surface area contributed by atoms with Gasteiger partial charge in [0, 0.05) is 13.5 Å². The van der Waals surface area contributed by atoms with Crippen LogP contribution in [0.1, 0.15) is 18.9 Å². The molecule has 102 valence electrons. The average Bonchev–Trinajstić information content (AvgIpc) is 2.63. The van der Waals surface area contributed by atoms with E-state index in [0.29, 0.717) is 12.8 Å². The Balaban J connectivity index is 2.14. The van der Waals surface area contributed by atoms with E-state index >= 15 is 0 Å². The van der Waals surface area contributed by atoms with Crippen LogP contribution in [0, 0.1) is 0 Å². The lowest BCUT2D eigenvalue weighted by Crippen LogP contribution is -2.33. The third kappa shape index (κ3) is 2.43. The van der Waals surface area contributed by atoms with Crippen molar-refractivity contribution in [1.29, 1.82) is 0 Å². The molecule has 4 heteroatoms. The minimum atomic E-state index is -0.302. The molecule has 1 aliphatic rings. The molecule has 4 nitrogen and oxygen atoms in total. The van der Waals surface area contributed by atoms with Gasteiger partial charge in [-0.25, -0.2) is 0 Å². The normalized spacial score (nSPS) is 19.2. The van der Waals surface area contributed by atoms with Gasteiger partial charge in [0.1, 0.15) is 5.75 Å². The van der Waals surface area contributed by atoms with Crippen LogP contribution in [-0.4, -0.2) is 36.0 Å². The number of carbonyl (C=O) groups is 1. The molecule has 0 radical (unpaired) electrons. The summed E-state index contributed by atoms with van der Waals surface area (Å²) in [6, 6.07) is 7.34. The number of aliphatic hydroxyl groups excluding tert-OH is 1. The number of ether oxygens (including phenoxy) is 1. The Labute approximate surface area is 113 Å². The van der Waals surface area contributed by atoms with Gasteiger partial charge in [0.05, 0.1) is 18.8 Å². The maximum atomic E-state index is 12.0. The van der Waals surface area contributed by atoms with E-state index in [9.17, 15) is 9.90 Å². The molecule has 0 bridgehead atoms. The fourth-order valence-corrected chi connectivity index (χ4v) is 2.46. The lowest BCUT2D eigenvalue weighted by Gasteiger charge is -2.22. The number of allylic oxidation sites excluding steroid dienone is 1. The SMILES string of the molecule is CCC1=C(O)C(=O)C(Cc2ccc(OC)cc2)N1C. The predicted octanol–water partition coefficient (Wildman–Crippen LogP) is 2.30. The van der Waals surface area contributed by atoms with Crippen molar-refractivity contribution in [3.8, 4) is 5.75 Å². The summed E-state index contributed by atoms with van der Waals surface area (Å²) in [5.41, 5.74) is 1.78. The van der Waals surface area contributed by atoms with E-state index in [-0.39, 0.29) is 17.6 Å². The Morgan fingerprint density at radius 3 is 2.42 bits per heavy atom. The number of methoxy groups -OCH3 is 1. The number of aliphatic hydroxyl groups is 1. The van der Waals surface area contributed by atoms with Crippen molar-refractivity contribution in [3.63, 3.8) is 0 Å². The Hall–Kier alpha value is -1.97. The number of nitrogens with zero attached hydrogens (tertiary/aromatic N) is 1. The van der Waals surface area contributed by atoms with Crippen molar-refractivity contribution in [2.75, 3.05) is 14.2 Å². The first-order valence-corrected chi connectivity index (χ1v) is 6.40. The summed E-state index contributed by atoms with van der Waals surface area (Å²) in [6.45, 7) is 1.94. The number of hydrogen-bond donors (Lipinski definition) is 1. The molecule has 0 spiro atoms. The van der Waals surface area contributed by atoms with Crippen LogP contribution in [0.4, 0.5) is 0 Å². The Morgan fingerprint density at radius 1 is 1.32 bits per heavy atom. The minimum Gasteiger partial charge on any atom is -0.503 e. The van der Waals surface area contributed by atoms with Crippen molar-refractivity contribution in [2.45, 2.75) is 25.8 Å². The summed E-state index contributed by atoms with van der Waals surface area (Å²) in [5.74, 6) is 0.531. The molecule has 1 unspecified atom stereocenters. The van der Waals surface area contributed by atoms with Crippen molar-refractivity contribution in [2.24, 2.45) is 0 Å². The van der Waals surface area contributed by atoms with Crippen LogP contribution >= 0.6 is 0 Å². The van der Waals surface area contributed by atoms with Crippen LogP contribution in [0.15, 0.2) is 35.7 Å². The minimum absolute atomic E-state index is 0.0801. The maximum Gasteiger partial charge on any atom is 0.221 e. The zero-order valence-electron chi connectivity index (χ0n) is 11.5. The second-order valence-electron chi connectivity index (χ2n) is 4.69. The lowest BCUT2D eigenvalue weighted by atomic mass is 10.0. The molecule has 1 N–H and O–H groups in total. The molecular formula is C15H19NO3. The molecule has 1 aliphatic heterocycles. The van der Waals surface area contributed by atoms with Crippen molar-refractivity contribution >= 4 is 5.78 Å². The molecule has 0 saturated heterocycles. The van der Waals surface area contributed by atoms with Crippen LogP contribution in [0.3, 0.4) is 0 Å². The van der Waals surface area contributed by atoms with Crippen LogP contribution < -0.4 is 4.74 Å². The molecule has 0 aromatic heterocycles. The summed E-state index contributed by atoms with van der Waals surface area (Å²) in [6.07, 6.45) is 1.25. The van der Waals surface area contributed by atoms with Crippen LogP contribution in [-0.2, 0) is 11.2 Å². The highest BCUT2D eigenvalue weighted by atomic mass is 16.5. The first-order chi connectivity index (χ1) is 9.08. The fourth-order valence-electron chi connectivity index (χ4n) is 2.46. The Morgan fingerprint density at radius 2 is 1.95 bits per heavy atom. The number of benzene rings is 1. The van der Waals surface area contributed by atoms with Gasteiger partial charge in [-0.15, -0.1) is 0 Å². The maximum absolute atomic E-state index is 12.0. The molecule has 0 aliphatic carbocycles. The molecular weight excluding hydrogens is 242 g/mol. The van der Waals surface area contributed by atoms with Gasteiger partial charge in [-0.2, -0.15) is 0 Å². The van der Waals surface area contributed by atoms with Gasteiger partial charge < -0.3 is 14.7 Å². The first kappa shape index (κ1) is 13.5. The molecule has 0 fully saturated rings. The summed E-state index contributed by atoms with van der Waals surface area (Å²) >= 11 is 0. The Bertz CT molecular complexity index is 505. The molecule has 1 aromatic rings. The van der Waals surface area contributed by atoms with Crippen LogP contribution in [0.25, 0.3) is 0 Å². The van der Waals surface area contributed by atoms with Gasteiger partial charge in [-0.1, -0.05) is 19.1 Å². The number of ketones is 1. The highest BCUT2D eigenvalue weighted by Crippen LogP contribution is 2.27. The van der Waals surface area contributed by atoms with Crippen LogP contribution in [0.5, 0.6) is 5.75 Å². The van der Waals surface area contributed by atoms with Gasteiger partial charge >= 0.3 is 0 Å². The van der Waals surface area contributed by atoms with Gasteiger partial charge in [-0.05, 0) is 24.1 Å². The number of likely N-dealkylation sites (N-methyl/N-ethyl adjacent to an activating group) is 1. The van der Waals surface area contributed by atoms with Crippen molar-refractivity contribution in [1.82, 2.24) is 4.90 Å². The van der Waals surface area contributed by atoms with Crippen molar-refractivity contribution in [3.05, 3.63) is 41.3 Å². The van der Waals surface area contributed by atoms with E-state index in [4.69, 9.17) is 4.74 Å². The van der Waals surface area contributed by atoms with Crippen molar-refractivity contribution < 1.29 is 14.6 Å². The second-order valence-corrected chi connectivity index (χ2v) is 4.69. The summed E-state index contributed by atoms with van der Waals surface area (Å²) in [4.78, 5) is 13.9. The number of rotatable bonds is 4. The molecule has 1 heterocycles. The number of Topliss-reactive ketones (excluding diaryl/α,β-unsaturated/α-hetero) is 1. The molecule has 0 amide bonds. The van der Waals surface area contributed by atoms with E-state index in [1.807, 2.05) is 43.1 Å². The molecule has 1 aromatic carbocycles. The average molecular weight is 261 g/mol. The second kappa shape index (κ2) is 5.34. The smallest absolute Gasteiger partial charge is 0.221 e. The quantitative estimate of drug-likeness (QED) is 0.903. The first-order valence-electron chi connectivity index (χ1n) is 6.40. The monoisotopic (exact) mass is 261 g/mol. The van der Waals surface area contributed by atoms with E-state index in [2.05, 4.69) is 0 Å².